The summed E-state index contributed by atoms with van der Waals surface area (Å²) in [6.07, 6.45) is 4.26. The van der Waals surface area contributed by atoms with Crippen molar-refractivity contribution in [3.63, 3.8) is 0 Å². The molecule has 1 rings (SSSR count). The van der Waals surface area contributed by atoms with Gasteiger partial charge >= 0.3 is 11.9 Å². The second kappa shape index (κ2) is 7.39. The number of hydrogen-bond acceptors (Lipinski definition) is 4. The van der Waals surface area contributed by atoms with Crippen LogP contribution in [0.3, 0.4) is 0 Å². The molecule has 0 aromatic rings. The van der Waals surface area contributed by atoms with Gasteiger partial charge in [-0.2, -0.15) is 0 Å². The van der Waals surface area contributed by atoms with E-state index in [4.69, 9.17) is 9.47 Å². The molecule has 0 spiro atoms. The molecule has 1 aliphatic carbocycles. The highest BCUT2D eigenvalue weighted by molar-refractivity contribution is 5.79. The van der Waals surface area contributed by atoms with Gasteiger partial charge in [-0.25, -0.2) is 4.79 Å². The third-order valence-electron chi connectivity index (χ3n) is 3.31. The molecule has 0 N–H and O–H groups in total. The van der Waals surface area contributed by atoms with E-state index >= 15 is 0 Å². The molecule has 0 aromatic heterocycles. The molecular formula is C14H24O4. The van der Waals surface area contributed by atoms with Crippen molar-refractivity contribution in [3.8, 4) is 0 Å². The third kappa shape index (κ3) is 4.67. The van der Waals surface area contributed by atoms with Gasteiger partial charge in [0.1, 0.15) is 0 Å². The van der Waals surface area contributed by atoms with Gasteiger partial charge in [0.05, 0.1) is 6.61 Å². The molecule has 1 saturated carbocycles. The molecule has 1 unspecified atom stereocenters. The van der Waals surface area contributed by atoms with Crippen LogP contribution < -0.4 is 0 Å². The Bertz CT molecular complexity index is 280. The van der Waals surface area contributed by atoms with Crippen molar-refractivity contribution in [1.82, 2.24) is 0 Å². The van der Waals surface area contributed by atoms with Crippen LogP contribution in [0.4, 0.5) is 0 Å². The largest absolute Gasteiger partial charge is 0.463 e. The number of carbonyl (C=O) groups is 2. The predicted octanol–water partition coefficient (Wildman–Crippen LogP) is 2.70. The van der Waals surface area contributed by atoms with E-state index in [-0.39, 0.29) is 11.9 Å². The number of hydrogen-bond donors (Lipinski definition) is 0. The van der Waals surface area contributed by atoms with Crippen molar-refractivity contribution < 1.29 is 19.1 Å². The SMILES string of the molecule is CCOC(=O)C(OC(=O)CC1CCCC1)C(C)C. The molecule has 18 heavy (non-hydrogen) atoms. The molecular weight excluding hydrogens is 232 g/mol. The summed E-state index contributed by atoms with van der Waals surface area (Å²) in [6, 6.07) is 0. The normalized spacial score (nSPS) is 17.8. The third-order valence-corrected chi connectivity index (χ3v) is 3.31. The van der Waals surface area contributed by atoms with Crippen molar-refractivity contribution in [2.75, 3.05) is 6.61 Å². The Morgan fingerprint density at radius 2 is 1.83 bits per heavy atom. The Labute approximate surface area is 109 Å². The first-order valence-electron chi connectivity index (χ1n) is 6.90. The van der Waals surface area contributed by atoms with Crippen LogP contribution in [0.2, 0.25) is 0 Å². The smallest absolute Gasteiger partial charge is 0.347 e. The molecule has 0 heterocycles. The van der Waals surface area contributed by atoms with E-state index in [1.54, 1.807) is 6.92 Å². The van der Waals surface area contributed by atoms with Gasteiger partial charge in [0.25, 0.3) is 0 Å². The average molecular weight is 256 g/mol. The molecule has 0 radical (unpaired) electrons. The van der Waals surface area contributed by atoms with Gasteiger partial charge in [0, 0.05) is 12.3 Å². The number of carbonyl (C=O) groups excluding carboxylic acids is 2. The van der Waals surface area contributed by atoms with E-state index in [2.05, 4.69) is 0 Å². The van der Waals surface area contributed by atoms with E-state index in [9.17, 15) is 9.59 Å². The molecule has 0 aromatic carbocycles. The fourth-order valence-electron chi connectivity index (χ4n) is 2.32. The zero-order valence-electron chi connectivity index (χ0n) is 11.6. The average Bonchev–Trinajstić information content (AvgIpc) is 2.78. The number of rotatable bonds is 6. The summed E-state index contributed by atoms with van der Waals surface area (Å²) in [5.41, 5.74) is 0. The van der Waals surface area contributed by atoms with Crippen LogP contribution in [0.15, 0.2) is 0 Å². The van der Waals surface area contributed by atoms with Crippen molar-refractivity contribution in [2.24, 2.45) is 11.8 Å². The van der Waals surface area contributed by atoms with Crippen LogP contribution in [0.5, 0.6) is 0 Å². The second-order valence-corrected chi connectivity index (χ2v) is 5.26. The quantitative estimate of drug-likeness (QED) is 0.686. The summed E-state index contributed by atoms with van der Waals surface area (Å²) in [6.45, 7) is 5.76. The zero-order valence-corrected chi connectivity index (χ0v) is 11.6. The number of ether oxygens (including phenoxy) is 2. The molecule has 0 amide bonds. The molecule has 1 fully saturated rings. The standard InChI is InChI=1S/C14H24O4/c1-4-17-14(16)13(10(2)3)18-12(15)9-11-7-5-6-8-11/h10-11,13H,4-9H2,1-3H3. The first-order valence-corrected chi connectivity index (χ1v) is 6.90. The van der Waals surface area contributed by atoms with Crippen LogP contribution in [0.25, 0.3) is 0 Å². The van der Waals surface area contributed by atoms with Gasteiger partial charge in [0.2, 0.25) is 6.10 Å². The first kappa shape index (κ1) is 15.0. The molecule has 1 atom stereocenters. The molecule has 4 nitrogen and oxygen atoms in total. The van der Waals surface area contributed by atoms with Crippen LogP contribution in [0, 0.1) is 11.8 Å². The highest BCUT2D eigenvalue weighted by Gasteiger charge is 2.29. The first-order chi connectivity index (χ1) is 8.54. The Balaban J connectivity index is 2.44. The van der Waals surface area contributed by atoms with Crippen molar-refractivity contribution in [2.45, 2.75) is 59.0 Å². The topological polar surface area (TPSA) is 52.6 Å². The van der Waals surface area contributed by atoms with Gasteiger partial charge < -0.3 is 9.47 Å². The van der Waals surface area contributed by atoms with Gasteiger partial charge in [-0.3, -0.25) is 4.79 Å². The maximum absolute atomic E-state index is 11.8. The van der Waals surface area contributed by atoms with Crippen LogP contribution in [0.1, 0.15) is 52.9 Å². The minimum Gasteiger partial charge on any atom is -0.463 e. The van der Waals surface area contributed by atoms with Crippen molar-refractivity contribution in [1.29, 1.82) is 0 Å². The van der Waals surface area contributed by atoms with E-state index in [0.29, 0.717) is 18.9 Å². The number of esters is 2. The van der Waals surface area contributed by atoms with Gasteiger partial charge in [-0.1, -0.05) is 26.7 Å². The fraction of sp³-hybridized carbons (Fsp3) is 0.857. The van der Waals surface area contributed by atoms with Crippen molar-refractivity contribution >= 4 is 11.9 Å². The Kier molecular flexibility index (Phi) is 6.16. The maximum Gasteiger partial charge on any atom is 0.347 e. The monoisotopic (exact) mass is 256 g/mol. The van der Waals surface area contributed by atoms with Crippen molar-refractivity contribution in [3.05, 3.63) is 0 Å². The Morgan fingerprint density at radius 3 is 2.33 bits per heavy atom. The zero-order chi connectivity index (χ0) is 13.5. The summed E-state index contributed by atoms with van der Waals surface area (Å²) in [7, 11) is 0. The molecule has 104 valence electrons. The van der Waals surface area contributed by atoms with Gasteiger partial charge in [-0.15, -0.1) is 0 Å². The maximum atomic E-state index is 11.8. The van der Waals surface area contributed by atoms with E-state index in [1.807, 2.05) is 13.8 Å². The Hall–Kier alpha value is -1.06. The summed E-state index contributed by atoms with van der Waals surface area (Å²) in [4.78, 5) is 23.5. The molecule has 0 aliphatic heterocycles. The molecule has 4 heteroatoms. The predicted molar refractivity (Wildman–Crippen MR) is 67.9 cm³/mol. The lowest BCUT2D eigenvalue weighted by Gasteiger charge is -2.20. The minimum atomic E-state index is -0.765. The van der Waals surface area contributed by atoms with Gasteiger partial charge in [0.15, 0.2) is 0 Å². The highest BCUT2D eigenvalue weighted by Crippen LogP contribution is 2.28. The summed E-state index contributed by atoms with van der Waals surface area (Å²) in [5.74, 6) is -0.329. The van der Waals surface area contributed by atoms with Crippen LogP contribution >= 0.6 is 0 Å². The van der Waals surface area contributed by atoms with Gasteiger partial charge in [-0.05, 0) is 25.7 Å². The van der Waals surface area contributed by atoms with Crippen LogP contribution in [-0.2, 0) is 19.1 Å². The summed E-state index contributed by atoms with van der Waals surface area (Å²) < 4.78 is 10.2. The lowest BCUT2D eigenvalue weighted by atomic mass is 10.0. The fourth-order valence-corrected chi connectivity index (χ4v) is 2.32. The molecule has 0 bridgehead atoms. The summed E-state index contributed by atoms with van der Waals surface area (Å²) >= 11 is 0. The van der Waals surface area contributed by atoms with Crippen LogP contribution in [-0.4, -0.2) is 24.6 Å². The minimum absolute atomic E-state index is 0.0587. The van der Waals surface area contributed by atoms with E-state index in [1.165, 1.54) is 12.8 Å². The lowest BCUT2D eigenvalue weighted by Crippen LogP contribution is -2.34. The molecule has 1 aliphatic rings. The Morgan fingerprint density at radius 1 is 1.22 bits per heavy atom. The highest BCUT2D eigenvalue weighted by atomic mass is 16.6. The second-order valence-electron chi connectivity index (χ2n) is 5.26. The molecule has 0 saturated heterocycles. The van der Waals surface area contributed by atoms with E-state index in [0.717, 1.165) is 12.8 Å². The lowest BCUT2D eigenvalue weighted by molar-refractivity contribution is -0.171. The van der Waals surface area contributed by atoms with E-state index < -0.39 is 12.1 Å². The summed E-state index contributed by atoms with van der Waals surface area (Å²) in [5, 5.41) is 0.